The monoisotopic (exact) mass is 281 g/mol. The van der Waals surface area contributed by atoms with Gasteiger partial charge in [-0.15, -0.1) is 0 Å². The average Bonchev–Trinajstić information content (AvgIpc) is 2.38. The molecule has 0 saturated heterocycles. The molecule has 0 unspecified atom stereocenters. The van der Waals surface area contributed by atoms with E-state index in [4.69, 9.17) is 23.2 Å². The van der Waals surface area contributed by atoms with Crippen LogP contribution >= 0.6 is 23.2 Å². The second-order valence-electron chi connectivity index (χ2n) is 3.52. The van der Waals surface area contributed by atoms with Crippen molar-refractivity contribution in [3.05, 3.63) is 52.4 Å². The Morgan fingerprint density at radius 2 is 2.00 bits per heavy atom. The summed E-state index contributed by atoms with van der Waals surface area (Å²) in [5, 5.41) is 0.326. The minimum atomic E-state index is -0.289. The smallest absolute Gasteiger partial charge is 0.262 e. The number of aromatic nitrogens is 2. The Bertz CT molecular complexity index is 575. The molecule has 0 atom stereocenters. The molecule has 0 aliphatic rings. The average molecular weight is 282 g/mol. The summed E-state index contributed by atoms with van der Waals surface area (Å²) < 4.78 is 0. The van der Waals surface area contributed by atoms with E-state index in [2.05, 4.69) is 9.97 Å². The molecule has 0 N–H and O–H groups in total. The number of amides is 1. The van der Waals surface area contributed by atoms with E-state index in [9.17, 15) is 4.79 Å². The van der Waals surface area contributed by atoms with Crippen LogP contribution in [-0.2, 0) is 0 Å². The number of rotatable bonds is 2. The van der Waals surface area contributed by atoms with Crippen LogP contribution in [0.3, 0.4) is 0 Å². The SMILES string of the molecule is CN(C(=O)c1ccc(Cl)nc1Cl)c1ccccn1. The molecular formula is C12H9Cl2N3O. The van der Waals surface area contributed by atoms with Crippen LogP contribution in [0.2, 0.25) is 10.3 Å². The number of pyridine rings is 2. The predicted molar refractivity (Wildman–Crippen MR) is 71.2 cm³/mol. The van der Waals surface area contributed by atoms with Gasteiger partial charge in [0.1, 0.15) is 16.1 Å². The maximum Gasteiger partial charge on any atom is 0.262 e. The van der Waals surface area contributed by atoms with Gasteiger partial charge in [-0.1, -0.05) is 29.3 Å². The quantitative estimate of drug-likeness (QED) is 0.795. The highest BCUT2D eigenvalue weighted by atomic mass is 35.5. The third kappa shape index (κ3) is 2.60. The first-order valence-electron chi connectivity index (χ1n) is 5.10. The lowest BCUT2D eigenvalue weighted by atomic mass is 10.2. The Balaban J connectivity index is 2.32. The van der Waals surface area contributed by atoms with Crippen LogP contribution in [0.15, 0.2) is 36.5 Å². The lowest BCUT2D eigenvalue weighted by Crippen LogP contribution is -2.27. The third-order valence-corrected chi connectivity index (χ3v) is 2.84. The van der Waals surface area contributed by atoms with Gasteiger partial charge >= 0.3 is 0 Å². The zero-order valence-corrected chi connectivity index (χ0v) is 11.0. The molecule has 6 heteroatoms. The number of hydrogen-bond acceptors (Lipinski definition) is 3. The Hall–Kier alpha value is -1.65. The summed E-state index contributed by atoms with van der Waals surface area (Å²) in [7, 11) is 1.62. The highest BCUT2D eigenvalue weighted by Crippen LogP contribution is 2.20. The minimum absolute atomic E-state index is 0.0790. The molecule has 2 heterocycles. The van der Waals surface area contributed by atoms with E-state index in [0.29, 0.717) is 5.82 Å². The summed E-state index contributed by atoms with van der Waals surface area (Å²) in [6.45, 7) is 0. The first-order valence-corrected chi connectivity index (χ1v) is 5.86. The van der Waals surface area contributed by atoms with Crippen LogP contribution in [0.1, 0.15) is 10.4 Å². The molecule has 2 rings (SSSR count). The zero-order chi connectivity index (χ0) is 13.1. The number of carbonyl (C=O) groups excluding carboxylic acids is 1. The molecule has 2 aromatic rings. The number of hydrogen-bond donors (Lipinski definition) is 0. The van der Waals surface area contributed by atoms with Crippen molar-refractivity contribution < 1.29 is 4.79 Å². The van der Waals surface area contributed by atoms with E-state index in [1.54, 1.807) is 37.5 Å². The van der Waals surface area contributed by atoms with Gasteiger partial charge in [0.15, 0.2) is 0 Å². The molecule has 92 valence electrons. The Morgan fingerprint density at radius 3 is 2.61 bits per heavy atom. The predicted octanol–water partition coefficient (Wildman–Crippen LogP) is 3.06. The molecule has 0 spiro atoms. The van der Waals surface area contributed by atoms with Gasteiger partial charge in [-0.2, -0.15) is 0 Å². The lowest BCUT2D eigenvalue weighted by molar-refractivity contribution is 0.0992. The fourth-order valence-electron chi connectivity index (χ4n) is 1.41. The number of anilines is 1. The van der Waals surface area contributed by atoms with Crippen LogP contribution in [0.5, 0.6) is 0 Å². The zero-order valence-electron chi connectivity index (χ0n) is 9.47. The number of nitrogens with zero attached hydrogens (tertiary/aromatic N) is 3. The first kappa shape index (κ1) is 12.8. The molecule has 0 bridgehead atoms. The summed E-state index contributed by atoms with van der Waals surface area (Å²) >= 11 is 11.6. The molecule has 0 fully saturated rings. The molecule has 0 aliphatic heterocycles. The summed E-state index contributed by atoms with van der Waals surface area (Å²) in [6, 6.07) is 8.37. The minimum Gasteiger partial charge on any atom is -0.296 e. The van der Waals surface area contributed by atoms with Crippen LogP contribution < -0.4 is 4.90 Å². The second kappa shape index (κ2) is 5.33. The van der Waals surface area contributed by atoms with Gasteiger partial charge in [0, 0.05) is 13.2 Å². The number of halogens is 2. The van der Waals surface area contributed by atoms with Crippen LogP contribution in [-0.4, -0.2) is 22.9 Å². The van der Waals surface area contributed by atoms with Crippen molar-refractivity contribution in [1.29, 1.82) is 0 Å². The maximum absolute atomic E-state index is 12.2. The largest absolute Gasteiger partial charge is 0.296 e. The van der Waals surface area contributed by atoms with Gasteiger partial charge in [-0.25, -0.2) is 9.97 Å². The molecule has 1 amide bonds. The molecule has 4 nitrogen and oxygen atoms in total. The molecular weight excluding hydrogens is 273 g/mol. The summed E-state index contributed by atoms with van der Waals surface area (Å²) in [6.07, 6.45) is 1.61. The van der Waals surface area contributed by atoms with Gasteiger partial charge in [-0.05, 0) is 24.3 Å². The third-order valence-electron chi connectivity index (χ3n) is 2.34. The Kier molecular flexibility index (Phi) is 3.79. The highest BCUT2D eigenvalue weighted by Gasteiger charge is 2.18. The van der Waals surface area contributed by atoms with E-state index in [1.165, 1.54) is 11.0 Å². The molecule has 0 radical (unpaired) electrons. The fourth-order valence-corrected chi connectivity index (χ4v) is 1.83. The molecule has 2 aromatic heterocycles. The topological polar surface area (TPSA) is 46.1 Å². The van der Waals surface area contributed by atoms with Crippen LogP contribution in [0.4, 0.5) is 5.82 Å². The Morgan fingerprint density at radius 1 is 1.22 bits per heavy atom. The molecule has 0 aliphatic carbocycles. The summed E-state index contributed by atoms with van der Waals surface area (Å²) in [5.41, 5.74) is 0.286. The van der Waals surface area contributed by atoms with E-state index in [-0.39, 0.29) is 21.8 Å². The van der Waals surface area contributed by atoms with Gasteiger partial charge in [0.25, 0.3) is 5.91 Å². The van der Waals surface area contributed by atoms with E-state index in [1.807, 2.05) is 0 Å². The van der Waals surface area contributed by atoms with Gasteiger partial charge < -0.3 is 0 Å². The summed E-state index contributed by atoms with van der Waals surface area (Å²) in [4.78, 5) is 21.5. The second-order valence-corrected chi connectivity index (χ2v) is 4.27. The van der Waals surface area contributed by atoms with Crippen molar-refractivity contribution in [3.63, 3.8) is 0 Å². The van der Waals surface area contributed by atoms with E-state index >= 15 is 0 Å². The van der Waals surface area contributed by atoms with Crippen molar-refractivity contribution in [2.75, 3.05) is 11.9 Å². The van der Waals surface area contributed by atoms with Crippen molar-refractivity contribution in [2.24, 2.45) is 0 Å². The normalized spacial score (nSPS) is 10.2. The Labute approximate surface area is 114 Å². The lowest BCUT2D eigenvalue weighted by Gasteiger charge is -2.16. The van der Waals surface area contributed by atoms with E-state index in [0.717, 1.165) is 0 Å². The standard InChI is InChI=1S/C12H9Cl2N3O/c1-17(10-4-2-3-7-15-10)12(18)8-5-6-9(13)16-11(8)14/h2-7H,1H3. The van der Waals surface area contributed by atoms with Crippen molar-refractivity contribution in [2.45, 2.75) is 0 Å². The van der Waals surface area contributed by atoms with Crippen molar-refractivity contribution >= 4 is 34.9 Å². The van der Waals surface area contributed by atoms with Crippen LogP contribution in [0, 0.1) is 0 Å². The molecule has 0 aromatic carbocycles. The van der Waals surface area contributed by atoms with Gasteiger partial charge in [0.2, 0.25) is 0 Å². The van der Waals surface area contributed by atoms with Crippen LogP contribution in [0.25, 0.3) is 0 Å². The summed E-state index contributed by atoms with van der Waals surface area (Å²) in [5.74, 6) is 0.247. The number of carbonyl (C=O) groups is 1. The highest BCUT2D eigenvalue weighted by molar-refractivity contribution is 6.35. The van der Waals surface area contributed by atoms with Gasteiger partial charge in [0.05, 0.1) is 5.56 Å². The van der Waals surface area contributed by atoms with Crippen molar-refractivity contribution in [3.8, 4) is 0 Å². The maximum atomic E-state index is 12.2. The van der Waals surface area contributed by atoms with Crippen molar-refractivity contribution in [1.82, 2.24) is 9.97 Å². The fraction of sp³-hybridized carbons (Fsp3) is 0.0833. The van der Waals surface area contributed by atoms with E-state index < -0.39 is 0 Å². The molecule has 18 heavy (non-hydrogen) atoms. The first-order chi connectivity index (χ1) is 8.59. The molecule has 0 saturated carbocycles. The van der Waals surface area contributed by atoms with Gasteiger partial charge in [-0.3, -0.25) is 9.69 Å².